The smallest absolute Gasteiger partial charge is 0.172 e. The van der Waals surface area contributed by atoms with E-state index in [4.69, 9.17) is 42.0 Å². The molecule has 10 atom stereocenters. The summed E-state index contributed by atoms with van der Waals surface area (Å²) in [6, 6.07) is -0.108. The van der Waals surface area contributed by atoms with Crippen LogP contribution in [0, 0.1) is 5.92 Å². The van der Waals surface area contributed by atoms with Gasteiger partial charge in [-0.15, -0.1) is 0 Å². The van der Waals surface area contributed by atoms with Crippen LogP contribution in [0.4, 0.5) is 0 Å². The minimum atomic E-state index is -1.27. The first-order valence-electron chi connectivity index (χ1n) is 14.1. The molecule has 3 rings (SSSR count). The van der Waals surface area contributed by atoms with Crippen LogP contribution in [0.2, 0.25) is 0 Å². The molecule has 0 spiro atoms. The summed E-state index contributed by atoms with van der Waals surface area (Å²) in [4.78, 5) is 0. The van der Waals surface area contributed by atoms with Gasteiger partial charge >= 0.3 is 0 Å². The summed E-state index contributed by atoms with van der Waals surface area (Å²) in [5.41, 5.74) is 16.4. The van der Waals surface area contributed by atoms with Crippen molar-refractivity contribution in [3.63, 3.8) is 0 Å². The Morgan fingerprint density at radius 2 is 1.54 bits per heavy atom. The van der Waals surface area contributed by atoms with E-state index in [1.165, 1.54) is 25.7 Å². The minimum Gasteiger partial charge on any atom is -0.395 e. The molecule has 0 amide bonds. The van der Waals surface area contributed by atoms with Crippen molar-refractivity contribution in [3.05, 3.63) is 0 Å². The van der Waals surface area contributed by atoms with Crippen LogP contribution in [0.5, 0.6) is 0 Å². The zero-order valence-corrected chi connectivity index (χ0v) is 23.5. The maximum Gasteiger partial charge on any atom is 0.172 e. The summed E-state index contributed by atoms with van der Waals surface area (Å²) in [5, 5.41) is 48.1. The fourth-order valence-corrected chi connectivity index (χ4v) is 4.63. The van der Waals surface area contributed by atoms with E-state index < -0.39 is 30.6 Å². The third-order valence-corrected chi connectivity index (χ3v) is 6.76. The van der Waals surface area contributed by atoms with Crippen LogP contribution in [-0.4, -0.2) is 107 Å². The molecule has 12 N–H and O–H groups in total. The largest absolute Gasteiger partial charge is 0.395 e. The third kappa shape index (κ3) is 15.7. The first kappa shape index (κ1) is 36.6. The van der Waals surface area contributed by atoms with Gasteiger partial charge in [-0.25, -0.2) is 0 Å². The molecule has 11 nitrogen and oxygen atoms in total. The summed E-state index contributed by atoms with van der Waals surface area (Å²) in [7, 11) is 0. The summed E-state index contributed by atoms with van der Waals surface area (Å²) in [5.74, 6) is 0.727. The highest BCUT2D eigenvalue weighted by Gasteiger charge is 2.41. The Morgan fingerprint density at radius 3 is 1.95 bits per heavy atom. The average Bonchev–Trinajstić information content (AvgIpc) is 3.30. The van der Waals surface area contributed by atoms with Crippen LogP contribution in [0.1, 0.15) is 79.1 Å². The van der Waals surface area contributed by atoms with Crippen molar-refractivity contribution < 1.29 is 35.0 Å². The second-order valence-electron chi connectivity index (χ2n) is 10.5. The van der Waals surface area contributed by atoms with E-state index in [1.54, 1.807) is 0 Å². The first-order chi connectivity index (χ1) is 17.5. The molecule has 0 radical (unpaired) electrons. The van der Waals surface area contributed by atoms with Gasteiger partial charge in [0.25, 0.3) is 0 Å². The summed E-state index contributed by atoms with van der Waals surface area (Å²) in [6.45, 7) is 9.84. The average molecular weight is 539 g/mol. The van der Waals surface area contributed by atoms with Crippen LogP contribution in [-0.2, 0) is 9.47 Å². The number of ether oxygens (including phenoxy) is 2. The predicted molar refractivity (Wildman–Crippen MR) is 146 cm³/mol. The molecule has 1 saturated carbocycles. The molecule has 0 aromatic rings. The normalized spacial score (nSPS) is 37.3. The monoisotopic (exact) mass is 538 g/mol. The molecule has 6 unspecified atom stereocenters. The summed E-state index contributed by atoms with van der Waals surface area (Å²) < 4.78 is 10.1. The molecule has 0 aromatic heterocycles. The van der Waals surface area contributed by atoms with Gasteiger partial charge in [-0.05, 0) is 44.9 Å². The highest BCUT2D eigenvalue weighted by atomic mass is 16.6. The van der Waals surface area contributed by atoms with Crippen molar-refractivity contribution in [2.24, 2.45) is 23.1 Å². The van der Waals surface area contributed by atoms with Gasteiger partial charge in [0, 0.05) is 25.2 Å². The molecule has 1 aliphatic carbocycles. The molecule has 2 saturated heterocycles. The van der Waals surface area contributed by atoms with Crippen LogP contribution in [0.15, 0.2) is 0 Å². The lowest BCUT2D eigenvalue weighted by molar-refractivity contribution is -0.238. The zero-order chi connectivity index (χ0) is 28.4. The molecule has 11 heteroatoms. The number of aliphatic hydroxyl groups excluding tert-OH is 5. The van der Waals surface area contributed by atoms with Gasteiger partial charge in [-0.1, -0.05) is 40.0 Å². The molecule has 37 heavy (non-hydrogen) atoms. The number of hydrogen-bond acceptors (Lipinski definition) is 11. The maximum atomic E-state index is 9.28. The highest BCUT2D eigenvalue weighted by Crippen LogP contribution is 2.22. The molecule has 0 bridgehead atoms. The molecule has 2 heterocycles. The Hall–Kier alpha value is -0.440. The van der Waals surface area contributed by atoms with Crippen molar-refractivity contribution >= 4 is 0 Å². The number of hydrogen-bond donors (Lipinski definition) is 9. The number of rotatable bonds is 7. The SMILES string of the molecule is CC1CC(N)CC(NCCO)C1.CC1CCC(CO)O1.CCCCC.NC[C@@H]1O[C@H](O)[C@H](N)C(O)[C@@H]1O. The van der Waals surface area contributed by atoms with Crippen molar-refractivity contribution in [1.29, 1.82) is 0 Å². The van der Waals surface area contributed by atoms with E-state index in [2.05, 4.69) is 26.1 Å². The molecule has 0 aromatic carbocycles. The van der Waals surface area contributed by atoms with E-state index >= 15 is 0 Å². The third-order valence-electron chi connectivity index (χ3n) is 6.76. The Kier molecular flexibility index (Phi) is 21.1. The Labute approximate surface area is 224 Å². The van der Waals surface area contributed by atoms with Crippen LogP contribution in [0.3, 0.4) is 0 Å². The topological polar surface area (TPSA) is 210 Å². The highest BCUT2D eigenvalue weighted by molar-refractivity contribution is 4.91. The van der Waals surface area contributed by atoms with Gasteiger partial charge in [-0.2, -0.15) is 0 Å². The van der Waals surface area contributed by atoms with E-state index in [1.807, 2.05) is 6.92 Å². The Morgan fingerprint density at radius 1 is 0.892 bits per heavy atom. The lowest BCUT2D eigenvalue weighted by Crippen LogP contribution is -2.62. The molecular formula is C26H58N4O7. The number of nitrogens with two attached hydrogens (primary N) is 3. The van der Waals surface area contributed by atoms with Crippen molar-refractivity contribution in [2.45, 2.75) is 134 Å². The first-order valence-corrected chi connectivity index (χ1v) is 14.1. The number of aliphatic hydroxyl groups is 5. The molecular weight excluding hydrogens is 480 g/mol. The van der Waals surface area contributed by atoms with Gasteiger partial charge in [0.2, 0.25) is 0 Å². The van der Waals surface area contributed by atoms with Crippen LogP contribution < -0.4 is 22.5 Å². The molecule has 224 valence electrons. The van der Waals surface area contributed by atoms with E-state index in [0.29, 0.717) is 24.7 Å². The van der Waals surface area contributed by atoms with Gasteiger partial charge < -0.3 is 57.5 Å². The van der Waals surface area contributed by atoms with Gasteiger partial charge in [0.1, 0.15) is 18.3 Å². The van der Waals surface area contributed by atoms with E-state index in [-0.39, 0.29) is 25.9 Å². The van der Waals surface area contributed by atoms with Crippen molar-refractivity contribution in [3.8, 4) is 0 Å². The van der Waals surface area contributed by atoms with Crippen LogP contribution in [0.25, 0.3) is 0 Å². The lowest BCUT2D eigenvalue weighted by Gasteiger charge is -2.38. The van der Waals surface area contributed by atoms with Crippen LogP contribution >= 0.6 is 0 Å². The fraction of sp³-hybridized carbons (Fsp3) is 1.00. The molecule has 3 fully saturated rings. The minimum absolute atomic E-state index is 0.0298. The van der Waals surface area contributed by atoms with Gasteiger partial charge in [0.05, 0.1) is 31.5 Å². The number of nitrogens with one attached hydrogen (secondary N) is 1. The summed E-state index contributed by atoms with van der Waals surface area (Å²) in [6.07, 6.45) is 5.77. The number of unbranched alkanes of at least 4 members (excludes halogenated alkanes) is 2. The second kappa shape index (κ2) is 21.4. The predicted octanol–water partition coefficient (Wildman–Crippen LogP) is -0.462. The second-order valence-corrected chi connectivity index (χ2v) is 10.5. The maximum absolute atomic E-state index is 9.28. The van der Waals surface area contributed by atoms with E-state index in [9.17, 15) is 10.2 Å². The molecule has 3 aliphatic rings. The van der Waals surface area contributed by atoms with E-state index in [0.717, 1.165) is 31.6 Å². The Balaban J connectivity index is 0.000000490. The zero-order valence-electron chi connectivity index (χ0n) is 23.5. The standard InChI is InChI=1S/C9H20N2O.C6H14N2O4.C6H12O2.C5H12/c1-7-4-8(10)6-9(5-7)11-2-3-12;7-1-2-4(9)5(10)3(8)6(11)12-2;1-5-2-3-6(4-7)8-5;1-3-5-4-2/h7-9,11-12H,2-6,10H2,1H3;2-6,9-11H,1,7-8H2;5-7H,2-4H2,1H3;3-5H2,1-2H3/t;2-,3+,4+,5?,6-;;/m.0../s1. The van der Waals surface area contributed by atoms with Crippen molar-refractivity contribution in [1.82, 2.24) is 5.32 Å². The quantitative estimate of drug-likeness (QED) is 0.202. The van der Waals surface area contributed by atoms with Crippen molar-refractivity contribution in [2.75, 3.05) is 26.3 Å². The van der Waals surface area contributed by atoms with Gasteiger partial charge in [0.15, 0.2) is 6.29 Å². The van der Waals surface area contributed by atoms with Gasteiger partial charge in [-0.3, -0.25) is 0 Å². The molecule has 2 aliphatic heterocycles. The lowest BCUT2D eigenvalue weighted by atomic mass is 9.84. The Bertz CT molecular complexity index is 520. The fourth-order valence-electron chi connectivity index (χ4n) is 4.63. The summed E-state index contributed by atoms with van der Waals surface area (Å²) >= 11 is 0.